The highest BCUT2D eigenvalue weighted by molar-refractivity contribution is 6.06. The Kier molecular flexibility index (Phi) is 10.0. The topological polar surface area (TPSA) is 128 Å². The molecule has 0 aliphatic heterocycles. The SMILES string of the molecule is COc1ccc(N(C)C(=O)[C@H](Cc2ccccc2)NC(=O)Cn2cc(-c3ccccc3NC(=O)c3cccc(OC)c3)nn2)cc1. The molecule has 0 saturated heterocycles. The summed E-state index contributed by atoms with van der Waals surface area (Å²) in [5, 5.41) is 14.2. The first-order chi connectivity index (χ1) is 22.3. The van der Waals surface area contributed by atoms with E-state index in [4.69, 9.17) is 9.47 Å². The van der Waals surface area contributed by atoms with Crippen molar-refractivity contribution in [2.75, 3.05) is 31.5 Å². The van der Waals surface area contributed by atoms with Gasteiger partial charge in [0.15, 0.2) is 0 Å². The van der Waals surface area contributed by atoms with E-state index in [1.807, 2.05) is 36.4 Å². The van der Waals surface area contributed by atoms with Gasteiger partial charge in [0, 0.05) is 30.3 Å². The molecule has 2 N–H and O–H groups in total. The molecule has 4 aromatic carbocycles. The molecule has 5 aromatic rings. The van der Waals surface area contributed by atoms with E-state index in [-0.39, 0.29) is 18.4 Å². The molecule has 11 heteroatoms. The fraction of sp³-hybridized carbons (Fsp3) is 0.171. The van der Waals surface area contributed by atoms with Crippen molar-refractivity contribution in [3.05, 3.63) is 120 Å². The molecule has 0 aliphatic rings. The van der Waals surface area contributed by atoms with E-state index in [0.29, 0.717) is 46.1 Å². The Hall–Kier alpha value is -5.97. The fourth-order valence-corrected chi connectivity index (χ4v) is 4.88. The number of methoxy groups -OCH3 is 2. The molecule has 1 heterocycles. The molecule has 234 valence electrons. The quantitative estimate of drug-likeness (QED) is 0.209. The van der Waals surface area contributed by atoms with Gasteiger partial charge in [-0.2, -0.15) is 0 Å². The Bertz CT molecular complexity index is 1810. The summed E-state index contributed by atoms with van der Waals surface area (Å²) >= 11 is 0. The van der Waals surface area contributed by atoms with E-state index < -0.39 is 11.9 Å². The number of ether oxygens (including phenoxy) is 2. The van der Waals surface area contributed by atoms with Gasteiger partial charge >= 0.3 is 0 Å². The Morgan fingerprint density at radius 2 is 1.57 bits per heavy atom. The maximum atomic E-state index is 13.6. The van der Waals surface area contributed by atoms with Gasteiger partial charge in [-0.1, -0.05) is 59.8 Å². The van der Waals surface area contributed by atoms with Gasteiger partial charge in [0.2, 0.25) is 11.8 Å². The predicted octanol–water partition coefficient (Wildman–Crippen LogP) is 4.61. The Labute approximate surface area is 266 Å². The monoisotopic (exact) mass is 618 g/mol. The number of amides is 3. The van der Waals surface area contributed by atoms with Crippen LogP contribution in [0.3, 0.4) is 0 Å². The molecule has 1 aromatic heterocycles. The summed E-state index contributed by atoms with van der Waals surface area (Å²) in [5.41, 5.74) is 3.62. The Balaban J connectivity index is 1.29. The maximum absolute atomic E-state index is 13.6. The van der Waals surface area contributed by atoms with Crippen molar-refractivity contribution in [3.8, 4) is 22.8 Å². The van der Waals surface area contributed by atoms with Crippen molar-refractivity contribution in [2.24, 2.45) is 0 Å². The summed E-state index contributed by atoms with van der Waals surface area (Å²) in [7, 11) is 4.79. The zero-order valence-corrected chi connectivity index (χ0v) is 25.7. The van der Waals surface area contributed by atoms with Crippen LogP contribution in [-0.2, 0) is 22.6 Å². The van der Waals surface area contributed by atoms with Crippen molar-refractivity contribution in [2.45, 2.75) is 19.0 Å². The largest absolute Gasteiger partial charge is 0.497 e. The van der Waals surface area contributed by atoms with E-state index in [0.717, 1.165) is 5.56 Å². The van der Waals surface area contributed by atoms with Gasteiger partial charge in [-0.05, 0) is 54.1 Å². The number of nitrogens with zero attached hydrogens (tertiary/aromatic N) is 4. The Morgan fingerprint density at radius 1 is 0.848 bits per heavy atom. The first-order valence-corrected chi connectivity index (χ1v) is 14.5. The normalized spacial score (nSPS) is 11.3. The molecule has 11 nitrogen and oxygen atoms in total. The van der Waals surface area contributed by atoms with Gasteiger partial charge in [-0.15, -0.1) is 5.10 Å². The van der Waals surface area contributed by atoms with Crippen LogP contribution in [0.4, 0.5) is 11.4 Å². The van der Waals surface area contributed by atoms with Gasteiger partial charge < -0.3 is 25.0 Å². The number of carbonyl (C=O) groups is 3. The summed E-state index contributed by atoms with van der Waals surface area (Å²) in [6, 6.07) is 29.8. The third-order valence-electron chi connectivity index (χ3n) is 7.33. The molecule has 0 spiro atoms. The summed E-state index contributed by atoms with van der Waals surface area (Å²) in [6.45, 7) is -0.170. The number of aromatic nitrogens is 3. The molecule has 0 fully saturated rings. The number of likely N-dealkylation sites (N-methyl/N-ethyl adjacent to an activating group) is 1. The minimum Gasteiger partial charge on any atom is -0.497 e. The lowest BCUT2D eigenvalue weighted by Crippen LogP contribution is -2.49. The number of rotatable bonds is 12. The van der Waals surface area contributed by atoms with Gasteiger partial charge in [-0.3, -0.25) is 14.4 Å². The highest BCUT2D eigenvalue weighted by Gasteiger charge is 2.26. The lowest BCUT2D eigenvalue weighted by molar-refractivity contribution is -0.127. The highest BCUT2D eigenvalue weighted by atomic mass is 16.5. The first-order valence-electron chi connectivity index (χ1n) is 14.5. The molecule has 3 amide bonds. The van der Waals surface area contributed by atoms with Crippen LogP contribution in [0.5, 0.6) is 11.5 Å². The Morgan fingerprint density at radius 3 is 2.30 bits per heavy atom. The second-order valence-electron chi connectivity index (χ2n) is 10.4. The number of hydrogen-bond donors (Lipinski definition) is 2. The number of para-hydroxylation sites is 1. The average molecular weight is 619 g/mol. The lowest BCUT2D eigenvalue weighted by Gasteiger charge is -2.25. The third kappa shape index (κ3) is 7.75. The van der Waals surface area contributed by atoms with Crippen LogP contribution in [-0.4, -0.2) is 60.0 Å². The van der Waals surface area contributed by atoms with E-state index in [1.165, 1.54) is 16.7 Å². The van der Waals surface area contributed by atoms with Gasteiger partial charge in [0.05, 0.1) is 26.1 Å². The van der Waals surface area contributed by atoms with E-state index in [9.17, 15) is 14.4 Å². The summed E-state index contributed by atoms with van der Waals surface area (Å²) < 4.78 is 11.8. The van der Waals surface area contributed by atoms with Crippen LogP contribution in [0.25, 0.3) is 11.3 Å². The van der Waals surface area contributed by atoms with Crippen LogP contribution in [0, 0.1) is 0 Å². The van der Waals surface area contributed by atoms with E-state index in [1.54, 1.807) is 87.1 Å². The zero-order valence-electron chi connectivity index (χ0n) is 25.7. The summed E-state index contributed by atoms with van der Waals surface area (Å²) in [6.07, 6.45) is 1.92. The molecule has 0 bridgehead atoms. The zero-order chi connectivity index (χ0) is 32.5. The maximum Gasteiger partial charge on any atom is 0.255 e. The second kappa shape index (κ2) is 14.7. The van der Waals surface area contributed by atoms with Gasteiger partial charge in [0.25, 0.3) is 5.91 Å². The molecular formula is C35H34N6O5. The van der Waals surface area contributed by atoms with Crippen LogP contribution < -0.4 is 25.0 Å². The minimum atomic E-state index is -0.836. The number of nitrogens with one attached hydrogen (secondary N) is 2. The molecule has 0 saturated carbocycles. The number of anilines is 2. The molecular weight excluding hydrogens is 584 g/mol. The summed E-state index contributed by atoms with van der Waals surface area (Å²) in [5.74, 6) is 0.248. The van der Waals surface area contributed by atoms with Crippen LogP contribution in [0.1, 0.15) is 15.9 Å². The number of benzene rings is 4. The molecule has 0 radical (unpaired) electrons. The van der Waals surface area contributed by atoms with Crippen molar-refractivity contribution >= 4 is 29.1 Å². The summed E-state index contributed by atoms with van der Waals surface area (Å²) in [4.78, 5) is 41.4. The number of carbonyl (C=O) groups excluding carboxylic acids is 3. The van der Waals surface area contributed by atoms with Crippen molar-refractivity contribution in [1.82, 2.24) is 20.3 Å². The first kappa shape index (κ1) is 31.5. The predicted molar refractivity (Wildman–Crippen MR) is 175 cm³/mol. The van der Waals surface area contributed by atoms with Crippen LogP contribution >= 0.6 is 0 Å². The smallest absolute Gasteiger partial charge is 0.255 e. The fourth-order valence-electron chi connectivity index (χ4n) is 4.88. The van der Waals surface area contributed by atoms with Crippen LogP contribution in [0.15, 0.2) is 109 Å². The second-order valence-corrected chi connectivity index (χ2v) is 10.4. The molecule has 0 aliphatic carbocycles. The van der Waals surface area contributed by atoms with Crippen molar-refractivity contribution in [1.29, 1.82) is 0 Å². The van der Waals surface area contributed by atoms with Gasteiger partial charge in [-0.25, -0.2) is 4.68 Å². The lowest BCUT2D eigenvalue weighted by atomic mass is 10.0. The third-order valence-corrected chi connectivity index (χ3v) is 7.33. The van der Waals surface area contributed by atoms with Crippen molar-refractivity contribution < 1.29 is 23.9 Å². The molecule has 1 atom stereocenters. The number of hydrogen-bond acceptors (Lipinski definition) is 7. The van der Waals surface area contributed by atoms with Gasteiger partial charge in [0.1, 0.15) is 29.8 Å². The standard InChI is InChI=1S/C35H34N6O5/c1-40(26-16-18-27(45-2)19-17-26)35(44)31(20-24-10-5-4-6-11-24)36-33(42)23-41-22-32(38-39-41)29-14-7-8-15-30(29)37-34(43)25-12-9-13-28(21-25)46-3/h4-19,21-22,31H,20,23H2,1-3H3,(H,36,42)(H,37,43)/t31-/m0/s1. The molecule has 46 heavy (non-hydrogen) atoms. The molecule has 0 unspecified atom stereocenters. The highest BCUT2D eigenvalue weighted by Crippen LogP contribution is 2.27. The molecule has 5 rings (SSSR count). The minimum absolute atomic E-state index is 0.170. The van der Waals surface area contributed by atoms with E-state index in [2.05, 4.69) is 20.9 Å². The van der Waals surface area contributed by atoms with Crippen LogP contribution in [0.2, 0.25) is 0 Å². The average Bonchev–Trinajstić information content (AvgIpc) is 3.56. The van der Waals surface area contributed by atoms with E-state index >= 15 is 0 Å². The van der Waals surface area contributed by atoms with Crippen molar-refractivity contribution in [3.63, 3.8) is 0 Å².